The molecule has 0 saturated heterocycles. The molecule has 0 unspecified atom stereocenters. The number of carbonyl (C=O) groups is 3. The molecule has 4 rings (SSSR count). The van der Waals surface area contributed by atoms with Gasteiger partial charge in [0, 0.05) is 36.8 Å². The lowest BCUT2D eigenvalue weighted by molar-refractivity contribution is -0.134. The normalized spacial score (nSPS) is 18.1. The first-order chi connectivity index (χ1) is 19.6. The second-order valence-corrected chi connectivity index (χ2v) is 10.5. The van der Waals surface area contributed by atoms with E-state index in [1.54, 1.807) is 47.4 Å². The Hall–Kier alpha value is -4.36. The lowest BCUT2D eigenvalue weighted by Gasteiger charge is -2.34. The molecule has 3 N–H and O–H groups in total. The van der Waals surface area contributed by atoms with Crippen molar-refractivity contribution in [2.24, 2.45) is 5.92 Å². The number of aromatic carboxylic acids is 1. The van der Waals surface area contributed by atoms with Crippen molar-refractivity contribution in [1.29, 1.82) is 0 Å². The quantitative estimate of drug-likeness (QED) is 0.326. The first-order valence-corrected chi connectivity index (χ1v) is 13.3. The van der Waals surface area contributed by atoms with Gasteiger partial charge in [0.2, 0.25) is 11.8 Å². The Kier molecular flexibility index (Phi) is 9.63. The predicted molar refractivity (Wildman–Crippen MR) is 148 cm³/mol. The van der Waals surface area contributed by atoms with Crippen molar-refractivity contribution in [2.75, 3.05) is 32.1 Å². The summed E-state index contributed by atoms with van der Waals surface area (Å²) >= 11 is 0. The number of tetrazole rings is 1. The molecule has 3 atom stereocenters. The number of likely N-dealkylation sites (N-methyl/N-ethyl adjacent to an activating group) is 1. The lowest BCUT2D eigenvalue weighted by atomic mass is 10.0. The van der Waals surface area contributed by atoms with E-state index in [4.69, 9.17) is 9.84 Å². The summed E-state index contributed by atoms with van der Waals surface area (Å²) in [5, 5.41) is 32.6. The van der Waals surface area contributed by atoms with Crippen molar-refractivity contribution in [2.45, 2.75) is 45.5 Å². The highest BCUT2D eigenvalue weighted by molar-refractivity contribution is 5.91. The Balaban J connectivity index is 1.55. The van der Waals surface area contributed by atoms with E-state index in [9.17, 15) is 19.5 Å². The van der Waals surface area contributed by atoms with Crippen LogP contribution in [0.3, 0.4) is 0 Å². The highest BCUT2D eigenvalue weighted by Gasteiger charge is 2.31. The summed E-state index contributed by atoms with van der Waals surface area (Å²) in [5.41, 5.74) is 2.32. The van der Waals surface area contributed by atoms with Crippen LogP contribution < -0.4 is 10.1 Å². The summed E-state index contributed by atoms with van der Waals surface area (Å²) < 4.78 is 7.84. The molecule has 2 amide bonds. The van der Waals surface area contributed by atoms with Crippen molar-refractivity contribution in [3.63, 3.8) is 0 Å². The number of carboxylic acids is 1. The minimum absolute atomic E-state index is 0.0432. The summed E-state index contributed by atoms with van der Waals surface area (Å²) in [6.07, 6.45) is 1.08. The summed E-state index contributed by atoms with van der Waals surface area (Å²) in [6.45, 7) is 5.09. The Morgan fingerprint density at radius 1 is 1.22 bits per heavy atom. The van der Waals surface area contributed by atoms with E-state index in [2.05, 4.69) is 25.7 Å². The van der Waals surface area contributed by atoms with E-state index in [1.807, 2.05) is 20.9 Å². The summed E-state index contributed by atoms with van der Waals surface area (Å²) in [6, 6.07) is 11.6. The number of hydrogen-bond acceptors (Lipinski definition) is 9. The SMILES string of the molecule is C[C@H]1CN([C@@H](C)CO)C(=O)Cc2cc(NC(=O)Cn3cnnn3)ccc2O[C@@H]1CN(C)Cc1ccc(C(=O)O)cc1. The first kappa shape index (κ1) is 29.6. The van der Waals surface area contributed by atoms with Gasteiger partial charge in [-0.1, -0.05) is 19.1 Å². The lowest BCUT2D eigenvalue weighted by Crippen LogP contribution is -2.47. The number of anilines is 1. The molecule has 1 aliphatic rings. The highest BCUT2D eigenvalue weighted by Crippen LogP contribution is 2.29. The van der Waals surface area contributed by atoms with Gasteiger partial charge in [-0.2, -0.15) is 0 Å². The fraction of sp³-hybridized carbons (Fsp3) is 0.429. The molecule has 2 heterocycles. The molecule has 0 fully saturated rings. The van der Waals surface area contributed by atoms with E-state index in [1.165, 1.54) is 11.0 Å². The van der Waals surface area contributed by atoms with Gasteiger partial charge in [0.25, 0.3) is 0 Å². The second kappa shape index (κ2) is 13.3. The van der Waals surface area contributed by atoms with Gasteiger partial charge in [0.1, 0.15) is 24.7 Å². The van der Waals surface area contributed by atoms with Gasteiger partial charge in [-0.3, -0.25) is 14.5 Å². The second-order valence-electron chi connectivity index (χ2n) is 10.5. The van der Waals surface area contributed by atoms with Crippen molar-refractivity contribution >= 4 is 23.5 Å². The number of aliphatic hydroxyl groups is 1. The van der Waals surface area contributed by atoms with Crippen LogP contribution >= 0.6 is 0 Å². The van der Waals surface area contributed by atoms with Gasteiger partial charge in [-0.15, -0.1) is 5.10 Å². The van der Waals surface area contributed by atoms with Crippen LogP contribution in [0.4, 0.5) is 5.69 Å². The number of hydrogen-bond donors (Lipinski definition) is 3. The van der Waals surface area contributed by atoms with Crippen LogP contribution in [-0.4, -0.2) is 96.9 Å². The van der Waals surface area contributed by atoms with Crippen LogP contribution in [0.5, 0.6) is 5.75 Å². The first-order valence-electron chi connectivity index (χ1n) is 13.3. The van der Waals surface area contributed by atoms with E-state index >= 15 is 0 Å². The predicted octanol–water partition coefficient (Wildman–Crippen LogP) is 1.29. The number of ether oxygens (including phenoxy) is 1. The maximum Gasteiger partial charge on any atom is 0.335 e. The summed E-state index contributed by atoms with van der Waals surface area (Å²) in [5.74, 6) is -0.971. The number of fused-ring (bicyclic) bond motifs is 1. The van der Waals surface area contributed by atoms with Gasteiger partial charge >= 0.3 is 5.97 Å². The Labute approximate surface area is 237 Å². The fourth-order valence-electron chi connectivity index (χ4n) is 4.76. The number of amides is 2. The minimum Gasteiger partial charge on any atom is -0.488 e. The Morgan fingerprint density at radius 3 is 2.63 bits per heavy atom. The third-order valence-corrected chi connectivity index (χ3v) is 7.04. The van der Waals surface area contributed by atoms with Gasteiger partial charge in [0.15, 0.2) is 0 Å². The number of nitrogens with zero attached hydrogens (tertiary/aromatic N) is 6. The number of benzene rings is 2. The minimum atomic E-state index is -0.970. The largest absolute Gasteiger partial charge is 0.488 e. The zero-order chi connectivity index (χ0) is 29.5. The Morgan fingerprint density at radius 2 is 1.98 bits per heavy atom. The molecule has 1 aromatic heterocycles. The number of carbonyl (C=O) groups excluding carboxylic acids is 2. The zero-order valence-electron chi connectivity index (χ0n) is 23.3. The molecule has 0 aliphatic carbocycles. The molecule has 0 bridgehead atoms. The van der Waals surface area contributed by atoms with E-state index in [0.29, 0.717) is 36.6 Å². The maximum absolute atomic E-state index is 13.4. The average molecular weight is 566 g/mol. The molecule has 1 aliphatic heterocycles. The van der Waals surface area contributed by atoms with Crippen LogP contribution in [-0.2, 0) is 29.1 Å². The number of rotatable bonds is 10. The fourth-order valence-corrected chi connectivity index (χ4v) is 4.76. The van der Waals surface area contributed by atoms with Crippen LogP contribution in [0.2, 0.25) is 0 Å². The molecular formula is C28H35N7O6. The van der Waals surface area contributed by atoms with Gasteiger partial charge in [-0.25, -0.2) is 9.48 Å². The molecule has 0 saturated carbocycles. The number of nitrogens with one attached hydrogen (secondary N) is 1. The summed E-state index contributed by atoms with van der Waals surface area (Å²) in [4.78, 5) is 40.9. The Bertz CT molecular complexity index is 1350. The summed E-state index contributed by atoms with van der Waals surface area (Å²) in [7, 11) is 1.96. The maximum atomic E-state index is 13.4. The van der Waals surface area contributed by atoms with Crippen LogP contribution in [0.1, 0.15) is 35.3 Å². The third kappa shape index (κ3) is 7.86. The van der Waals surface area contributed by atoms with Crippen LogP contribution in [0.25, 0.3) is 0 Å². The van der Waals surface area contributed by atoms with Crippen molar-refractivity contribution in [3.05, 3.63) is 65.5 Å². The van der Waals surface area contributed by atoms with Gasteiger partial charge in [-0.05, 0) is 60.3 Å². The smallest absolute Gasteiger partial charge is 0.335 e. The standard InChI is InChI=1S/C28H35N7O6/c1-18-12-35(19(2)16-36)27(38)11-22-10-23(30-26(37)15-34-17-29-31-32-34)8-9-24(22)41-25(18)14-33(3)13-20-4-6-21(7-5-20)28(39)40/h4-10,17-19,25,36H,11-16H2,1-3H3,(H,30,37)(H,39,40)/t18-,19-,25+/m0/s1. The number of aliphatic hydroxyl groups excluding tert-OH is 1. The highest BCUT2D eigenvalue weighted by atomic mass is 16.5. The average Bonchev–Trinajstić information content (AvgIpc) is 3.45. The zero-order valence-corrected chi connectivity index (χ0v) is 23.3. The molecule has 0 radical (unpaired) electrons. The van der Waals surface area contributed by atoms with Crippen molar-refractivity contribution in [1.82, 2.24) is 30.0 Å². The van der Waals surface area contributed by atoms with Crippen molar-refractivity contribution in [3.8, 4) is 5.75 Å². The van der Waals surface area contributed by atoms with Gasteiger partial charge in [0.05, 0.1) is 24.6 Å². The molecule has 2 aromatic carbocycles. The molecule has 13 nitrogen and oxygen atoms in total. The third-order valence-electron chi connectivity index (χ3n) is 7.04. The molecule has 218 valence electrons. The van der Waals surface area contributed by atoms with Gasteiger partial charge < -0.3 is 25.2 Å². The van der Waals surface area contributed by atoms with Crippen molar-refractivity contribution < 1.29 is 29.3 Å². The molecule has 0 spiro atoms. The van der Waals surface area contributed by atoms with E-state index in [-0.39, 0.29) is 55.0 Å². The molecule has 3 aromatic rings. The topological polar surface area (TPSA) is 163 Å². The van der Waals surface area contributed by atoms with E-state index in [0.717, 1.165) is 5.56 Å². The molecule has 41 heavy (non-hydrogen) atoms. The van der Waals surface area contributed by atoms with E-state index < -0.39 is 5.97 Å². The number of carboxylic acid groups (broad SMARTS) is 1. The number of aromatic nitrogens is 4. The monoisotopic (exact) mass is 565 g/mol. The molecule has 13 heteroatoms. The van der Waals surface area contributed by atoms with Crippen LogP contribution in [0.15, 0.2) is 48.8 Å². The van der Waals surface area contributed by atoms with Crippen LogP contribution in [0, 0.1) is 5.92 Å². The molecular weight excluding hydrogens is 530 g/mol.